The summed E-state index contributed by atoms with van der Waals surface area (Å²) in [5.41, 5.74) is 1.19. The van der Waals surface area contributed by atoms with Crippen LogP contribution >= 0.6 is 11.3 Å². The number of benzene rings is 1. The number of hydrogen-bond donors (Lipinski definition) is 1. The first-order valence-corrected chi connectivity index (χ1v) is 7.95. The Balaban J connectivity index is 1.99. The van der Waals surface area contributed by atoms with Crippen molar-refractivity contribution in [1.82, 2.24) is 10.3 Å². The number of methoxy groups -OCH3 is 1. The maximum Gasteiger partial charge on any atom is 0.162 e. The minimum Gasteiger partial charge on any atom is -0.493 e. The van der Waals surface area contributed by atoms with Gasteiger partial charge >= 0.3 is 0 Å². The molecule has 0 saturated carbocycles. The molecule has 4 nitrogen and oxygen atoms in total. The average Bonchev–Trinajstić information content (AvgIpc) is 2.98. The molecule has 21 heavy (non-hydrogen) atoms. The van der Waals surface area contributed by atoms with Gasteiger partial charge in [-0.3, -0.25) is 0 Å². The van der Waals surface area contributed by atoms with Crippen molar-refractivity contribution < 1.29 is 9.47 Å². The molecule has 1 N–H and O–H groups in total. The minimum absolute atomic E-state index is 0.469. The number of hydrogen-bond acceptors (Lipinski definition) is 5. The van der Waals surface area contributed by atoms with Gasteiger partial charge in [0.25, 0.3) is 0 Å². The molecule has 2 aromatic rings. The standard InChI is InChI=1S/C16H22N2O2S/c1-12(2)9-17-10-13-4-5-14(19-3)15(8-13)20-11-16-18-6-7-21-16/h4-8,12,17H,9-11H2,1-3H3. The van der Waals surface area contributed by atoms with Crippen LogP contribution in [-0.4, -0.2) is 18.6 Å². The fourth-order valence-electron chi connectivity index (χ4n) is 1.91. The maximum absolute atomic E-state index is 5.84. The smallest absolute Gasteiger partial charge is 0.162 e. The van der Waals surface area contributed by atoms with Crippen LogP contribution < -0.4 is 14.8 Å². The monoisotopic (exact) mass is 306 g/mol. The topological polar surface area (TPSA) is 43.4 Å². The molecule has 114 valence electrons. The lowest BCUT2D eigenvalue weighted by molar-refractivity contribution is 0.283. The zero-order chi connectivity index (χ0) is 15.1. The molecule has 0 saturated heterocycles. The third-order valence-electron chi connectivity index (χ3n) is 2.94. The predicted octanol–water partition coefficient (Wildman–Crippen LogP) is 3.48. The number of nitrogens with one attached hydrogen (secondary N) is 1. The van der Waals surface area contributed by atoms with Crippen LogP contribution in [0.5, 0.6) is 11.5 Å². The first-order chi connectivity index (χ1) is 10.2. The highest BCUT2D eigenvalue weighted by Gasteiger charge is 2.07. The summed E-state index contributed by atoms with van der Waals surface area (Å²) in [6.07, 6.45) is 1.78. The maximum atomic E-state index is 5.84. The van der Waals surface area contributed by atoms with E-state index in [1.807, 2.05) is 17.5 Å². The molecule has 0 fully saturated rings. The molecule has 0 aliphatic carbocycles. The van der Waals surface area contributed by atoms with Gasteiger partial charge in [0.15, 0.2) is 11.5 Å². The van der Waals surface area contributed by atoms with E-state index in [4.69, 9.17) is 9.47 Å². The zero-order valence-electron chi connectivity index (χ0n) is 12.8. The Hall–Kier alpha value is -1.59. The van der Waals surface area contributed by atoms with Gasteiger partial charge in [-0.15, -0.1) is 11.3 Å². The summed E-state index contributed by atoms with van der Waals surface area (Å²) in [5.74, 6) is 2.15. The molecule has 1 heterocycles. The van der Waals surface area contributed by atoms with Crippen molar-refractivity contribution >= 4 is 11.3 Å². The van der Waals surface area contributed by atoms with Crippen molar-refractivity contribution in [1.29, 1.82) is 0 Å². The van der Waals surface area contributed by atoms with Gasteiger partial charge in [0.05, 0.1) is 7.11 Å². The summed E-state index contributed by atoms with van der Waals surface area (Å²) in [4.78, 5) is 4.22. The van der Waals surface area contributed by atoms with Gasteiger partial charge in [-0.25, -0.2) is 4.98 Å². The number of rotatable bonds is 8. The van der Waals surface area contributed by atoms with Crippen molar-refractivity contribution in [3.05, 3.63) is 40.3 Å². The lowest BCUT2D eigenvalue weighted by Crippen LogP contribution is -2.18. The van der Waals surface area contributed by atoms with Crippen LogP contribution in [0.15, 0.2) is 29.8 Å². The van der Waals surface area contributed by atoms with E-state index in [0.717, 1.165) is 29.6 Å². The third kappa shape index (κ3) is 5.02. The van der Waals surface area contributed by atoms with E-state index in [-0.39, 0.29) is 0 Å². The lowest BCUT2D eigenvalue weighted by Gasteiger charge is -2.12. The summed E-state index contributed by atoms with van der Waals surface area (Å²) in [5, 5.41) is 6.33. The first-order valence-electron chi connectivity index (χ1n) is 7.08. The summed E-state index contributed by atoms with van der Waals surface area (Å²) >= 11 is 1.59. The summed E-state index contributed by atoms with van der Waals surface area (Å²) in [6, 6.07) is 6.03. The van der Waals surface area contributed by atoms with Crippen LogP contribution in [0.3, 0.4) is 0 Å². The van der Waals surface area contributed by atoms with Gasteiger partial charge < -0.3 is 14.8 Å². The quantitative estimate of drug-likeness (QED) is 0.811. The van der Waals surface area contributed by atoms with Crippen molar-refractivity contribution in [3.8, 4) is 11.5 Å². The number of nitrogens with zero attached hydrogens (tertiary/aromatic N) is 1. The average molecular weight is 306 g/mol. The van der Waals surface area contributed by atoms with Crippen LogP contribution in [0, 0.1) is 5.92 Å². The van der Waals surface area contributed by atoms with Crippen molar-refractivity contribution in [2.45, 2.75) is 27.0 Å². The van der Waals surface area contributed by atoms with Gasteiger partial charge in [0.2, 0.25) is 0 Å². The van der Waals surface area contributed by atoms with E-state index in [0.29, 0.717) is 12.5 Å². The Bertz CT molecular complexity index is 541. The molecule has 1 aromatic carbocycles. The highest BCUT2D eigenvalue weighted by atomic mass is 32.1. The number of thiazole rings is 1. The van der Waals surface area contributed by atoms with Crippen LogP contribution in [0.25, 0.3) is 0 Å². The van der Waals surface area contributed by atoms with Crippen molar-refractivity contribution in [2.75, 3.05) is 13.7 Å². The molecular weight excluding hydrogens is 284 g/mol. The Labute approximate surface area is 130 Å². The molecule has 2 rings (SSSR count). The van der Waals surface area contributed by atoms with Crippen molar-refractivity contribution in [2.24, 2.45) is 5.92 Å². The zero-order valence-corrected chi connectivity index (χ0v) is 13.6. The fourth-order valence-corrected chi connectivity index (χ4v) is 2.44. The predicted molar refractivity (Wildman–Crippen MR) is 86.0 cm³/mol. The largest absolute Gasteiger partial charge is 0.493 e. The SMILES string of the molecule is COc1ccc(CNCC(C)C)cc1OCc1nccs1. The molecule has 5 heteroatoms. The Morgan fingerprint density at radius 2 is 2.14 bits per heavy atom. The fraction of sp³-hybridized carbons (Fsp3) is 0.438. The second-order valence-electron chi connectivity index (χ2n) is 5.22. The van der Waals surface area contributed by atoms with E-state index < -0.39 is 0 Å². The van der Waals surface area contributed by atoms with Gasteiger partial charge in [0, 0.05) is 18.1 Å². The van der Waals surface area contributed by atoms with Gasteiger partial charge in [0.1, 0.15) is 11.6 Å². The second kappa shape index (κ2) is 8.00. The molecule has 0 bridgehead atoms. The normalized spacial score (nSPS) is 10.9. The van der Waals surface area contributed by atoms with E-state index in [1.165, 1.54) is 5.56 Å². The number of aromatic nitrogens is 1. The molecule has 1 aromatic heterocycles. The summed E-state index contributed by atoms with van der Waals surface area (Å²) in [7, 11) is 1.66. The van der Waals surface area contributed by atoms with Gasteiger partial charge in [-0.1, -0.05) is 19.9 Å². The Kier molecular flexibility index (Phi) is 6.02. The van der Waals surface area contributed by atoms with E-state index in [1.54, 1.807) is 24.6 Å². The first kappa shape index (κ1) is 15.8. The molecule has 0 unspecified atom stereocenters. The highest BCUT2D eigenvalue weighted by molar-refractivity contribution is 7.09. The molecule has 0 aliphatic heterocycles. The van der Waals surface area contributed by atoms with Gasteiger partial charge in [-0.05, 0) is 30.2 Å². The van der Waals surface area contributed by atoms with Crippen LogP contribution in [0.2, 0.25) is 0 Å². The van der Waals surface area contributed by atoms with Crippen molar-refractivity contribution in [3.63, 3.8) is 0 Å². The number of ether oxygens (including phenoxy) is 2. The summed E-state index contributed by atoms with van der Waals surface area (Å²) < 4.78 is 11.2. The van der Waals surface area contributed by atoms with E-state index >= 15 is 0 Å². The molecular formula is C16H22N2O2S. The molecule has 0 amide bonds. The second-order valence-corrected chi connectivity index (χ2v) is 6.20. The van der Waals surface area contributed by atoms with Crippen LogP contribution in [-0.2, 0) is 13.2 Å². The van der Waals surface area contributed by atoms with Crippen LogP contribution in [0.4, 0.5) is 0 Å². The van der Waals surface area contributed by atoms with Crippen LogP contribution in [0.1, 0.15) is 24.4 Å². The van der Waals surface area contributed by atoms with E-state index in [9.17, 15) is 0 Å². The minimum atomic E-state index is 0.469. The third-order valence-corrected chi connectivity index (χ3v) is 3.70. The summed E-state index contributed by atoms with van der Waals surface area (Å²) in [6.45, 7) is 6.70. The molecule has 0 spiro atoms. The molecule has 0 radical (unpaired) electrons. The van der Waals surface area contributed by atoms with Gasteiger partial charge in [-0.2, -0.15) is 0 Å². The Morgan fingerprint density at radius 3 is 2.81 bits per heavy atom. The molecule has 0 aliphatic rings. The highest BCUT2D eigenvalue weighted by Crippen LogP contribution is 2.29. The van der Waals surface area contributed by atoms with E-state index in [2.05, 4.69) is 30.2 Å². The Morgan fingerprint density at radius 1 is 1.29 bits per heavy atom. The molecule has 0 atom stereocenters. The lowest BCUT2D eigenvalue weighted by atomic mass is 10.2.